The second-order valence-corrected chi connectivity index (χ2v) is 5.33. The fraction of sp³-hybridized carbons (Fsp3) is 0.176. The van der Waals surface area contributed by atoms with Crippen LogP contribution in [0.2, 0.25) is 0 Å². The first-order valence-corrected chi connectivity index (χ1v) is 7.84. The molecule has 0 radical (unpaired) electrons. The van der Waals surface area contributed by atoms with Crippen molar-refractivity contribution in [2.75, 3.05) is 19.5 Å². The predicted molar refractivity (Wildman–Crippen MR) is 93.2 cm³/mol. The van der Waals surface area contributed by atoms with E-state index in [-0.39, 0.29) is 6.01 Å². The number of aromatic nitrogens is 5. The van der Waals surface area contributed by atoms with Gasteiger partial charge in [0.05, 0.1) is 44.5 Å². The number of rotatable bonds is 6. The van der Waals surface area contributed by atoms with Gasteiger partial charge in [-0.15, -0.1) is 0 Å². The summed E-state index contributed by atoms with van der Waals surface area (Å²) in [6.07, 6.45) is 8.51. The number of anilines is 1. The van der Waals surface area contributed by atoms with Gasteiger partial charge in [-0.25, -0.2) is 15.0 Å². The number of nitrogens with zero attached hydrogens (tertiary/aromatic N) is 5. The van der Waals surface area contributed by atoms with Crippen LogP contribution in [0.25, 0.3) is 16.9 Å². The SMILES string of the molecule is COc1ncc(-c2cnc3c(NCc4ccco4)nccn23)c(OC)n1. The molecule has 26 heavy (non-hydrogen) atoms. The van der Waals surface area contributed by atoms with Crippen LogP contribution >= 0.6 is 0 Å². The van der Waals surface area contributed by atoms with Crippen molar-refractivity contribution in [1.29, 1.82) is 0 Å². The van der Waals surface area contributed by atoms with Crippen LogP contribution in [-0.2, 0) is 6.54 Å². The zero-order valence-electron chi connectivity index (χ0n) is 14.2. The first kappa shape index (κ1) is 15.9. The summed E-state index contributed by atoms with van der Waals surface area (Å²) in [4.78, 5) is 17.2. The number of imidazole rings is 1. The van der Waals surface area contributed by atoms with Gasteiger partial charge in [-0.3, -0.25) is 4.40 Å². The Hall–Kier alpha value is -3.62. The van der Waals surface area contributed by atoms with Gasteiger partial charge in [0.15, 0.2) is 11.5 Å². The minimum atomic E-state index is 0.238. The maximum Gasteiger partial charge on any atom is 0.319 e. The lowest BCUT2D eigenvalue weighted by molar-refractivity contribution is 0.353. The van der Waals surface area contributed by atoms with Gasteiger partial charge in [0.2, 0.25) is 5.88 Å². The Bertz CT molecular complexity index is 1030. The maximum absolute atomic E-state index is 5.37. The highest BCUT2D eigenvalue weighted by Crippen LogP contribution is 2.30. The van der Waals surface area contributed by atoms with E-state index < -0.39 is 0 Å². The molecule has 4 rings (SSSR count). The van der Waals surface area contributed by atoms with Gasteiger partial charge in [0.25, 0.3) is 0 Å². The minimum Gasteiger partial charge on any atom is -0.480 e. The Kier molecular flexibility index (Phi) is 4.10. The van der Waals surface area contributed by atoms with Crippen molar-refractivity contribution in [1.82, 2.24) is 24.3 Å². The van der Waals surface area contributed by atoms with Crippen LogP contribution in [0, 0.1) is 0 Å². The number of nitrogens with one attached hydrogen (secondary N) is 1. The van der Waals surface area contributed by atoms with E-state index in [1.165, 1.54) is 7.11 Å². The molecule has 0 fully saturated rings. The molecule has 0 spiro atoms. The number of hydrogen-bond donors (Lipinski definition) is 1. The molecule has 132 valence electrons. The molecule has 0 unspecified atom stereocenters. The largest absolute Gasteiger partial charge is 0.480 e. The third-order valence-corrected chi connectivity index (χ3v) is 3.82. The number of furan rings is 1. The smallest absolute Gasteiger partial charge is 0.319 e. The molecule has 0 aliphatic carbocycles. The molecule has 4 aromatic heterocycles. The summed E-state index contributed by atoms with van der Waals surface area (Å²) < 4.78 is 17.6. The number of hydrogen-bond acceptors (Lipinski definition) is 8. The molecular weight excluding hydrogens is 336 g/mol. The molecule has 0 saturated carbocycles. The molecule has 1 N–H and O–H groups in total. The summed E-state index contributed by atoms with van der Waals surface area (Å²) in [5.41, 5.74) is 2.15. The topological polar surface area (TPSA) is 99.6 Å². The lowest BCUT2D eigenvalue weighted by Gasteiger charge is -2.09. The highest BCUT2D eigenvalue weighted by atomic mass is 16.5. The predicted octanol–water partition coefficient (Wildman–Crippen LogP) is 2.41. The second-order valence-electron chi connectivity index (χ2n) is 5.33. The van der Waals surface area contributed by atoms with Gasteiger partial charge in [-0.1, -0.05) is 0 Å². The summed E-state index contributed by atoms with van der Waals surface area (Å²) in [7, 11) is 3.05. The average molecular weight is 352 g/mol. The monoisotopic (exact) mass is 352 g/mol. The third-order valence-electron chi connectivity index (χ3n) is 3.82. The van der Waals surface area contributed by atoms with Crippen LogP contribution in [0.4, 0.5) is 5.82 Å². The van der Waals surface area contributed by atoms with E-state index >= 15 is 0 Å². The Balaban J connectivity index is 1.73. The highest BCUT2D eigenvalue weighted by molar-refractivity contribution is 5.72. The second kappa shape index (κ2) is 6.71. The van der Waals surface area contributed by atoms with E-state index in [9.17, 15) is 0 Å². The molecule has 0 saturated heterocycles. The van der Waals surface area contributed by atoms with Crippen molar-refractivity contribution in [3.63, 3.8) is 0 Å². The van der Waals surface area contributed by atoms with E-state index in [4.69, 9.17) is 13.9 Å². The molecular formula is C17H16N6O3. The van der Waals surface area contributed by atoms with Crippen LogP contribution in [-0.4, -0.2) is 38.6 Å². The number of fused-ring (bicyclic) bond motifs is 1. The van der Waals surface area contributed by atoms with Crippen molar-refractivity contribution >= 4 is 11.5 Å². The molecule has 0 aliphatic rings. The summed E-state index contributed by atoms with van der Waals surface area (Å²) in [6.45, 7) is 0.511. The quantitative estimate of drug-likeness (QED) is 0.565. The molecule has 0 amide bonds. The Labute approximate surface area is 148 Å². The van der Waals surface area contributed by atoms with Crippen LogP contribution in [0.15, 0.2) is 47.6 Å². The first-order valence-electron chi connectivity index (χ1n) is 7.84. The summed E-state index contributed by atoms with van der Waals surface area (Å²) in [5.74, 6) is 1.86. The van der Waals surface area contributed by atoms with Crippen LogP contribution in [0.5, 0.6) is 11.9 Å². The van der Waals surface area contributed by atoms with E-state index in [2.05, 4.69) is 25.3 Å². The standard InChI is InChI=1S/C17H16N6O3/c1-24-16-12(9-21-17(22-16)25-2)13-10-20-15-14(18-5-6-23(13)15)19-8-11-4-3-7-26-11/h3-7,9-10H,8H2,1-2H3,(H,18,19). The maximum atomic E-state index is 5.37. The molecule has 4 aromatic rings. The average Bonchev–Trinajstić information content (AvgIpc) is 3.35. The lowest BCUT2D eigenvalue weighted by atomic mass is 10.2. The van der Waals surface area contributed by atoms with E-state index in [0.717, 1.165) is 11.5 Å². The normalized spacial score (nSPS) is 10.8. The van der Waals surface area contributed by atoms with E-state index in [1.807, 2.05) is 22.7 Å². The van der Waals surface area contributed by atoms with E-state index in [0.29, 0.717) is 29.5 Å². The fourth-order valence-corrected chi connectivity index (χ4v) is 2.61. The molecule has 9 nitrogen and oxygen atoms in total. The van der Waals surface area contributed by atoms with Crippen molar-refractivity contribution < 1.29 is 13.9 Å². The van der Waals surface area contributed by atoms with Gasteiger partial charge < -0.3 is 19.2 Å². The van der Waals surface area contributed by atoms with Gasteiger partial charge in [0.1, 0.15) is 5.76 Å². The molecule has 0 atom stereocenters. The van der Waals surface area contributed by atoms with Crippen molar-refractivity contribution in [2.45, 2.75) is 6.54 Å². The van der Waals surface area contributed by atoms with Gasteiger partial charge in [-0.2, -0.15) is 4.98 Å². The fourth-order valence-electron chi connectivity index (χ4n) is 2.61. The van der Waals surface area contributed by atoms with Gasteiger partial charge in [0, 0.05) is 18.6 Å². The number of ether oxygens (including phenoxy) is 2. The highest BCUT2D eigenvalue weighted by Gasteiger charge is 2.16. The van der Waals surface area contributed by atoms with Crippen molar-refractivity contribution in [2.24, 2.45) is 0 Å². The van der Waals surface area contributed by atoms with Crippen LogP contribution in [0.1, 0.15) is 5.76 Å². The minimum absolute atomic E-state index is 0.238. The Morgan fingerprint density at radius 3 is 2.85 bits per heavy atom. The molecule has 4 heterocycles. The van der Waals surface area contributed by atoms with Crippen LogP contribution in [0.3, 0.4) is 0 Å². The Morgan fingerprint density at radius 1 is 1.15 bits per heavy atom. The summed E-state index contributed by atoms with van der Waals surface area (Å²) >= 11 is 0. The van der Waals surface area contributed by atoms with Gasteiger partial charge in [-0.05, 0) is 12.1 Å². The molecule has 0 aromatic carbocycles. The zero-order valence-corrected chi connectivity index (χ0v) is 14.2. The third kappa shape index (κ3) is 2.79. The Morgan fingerprint density at radius 2 is 2.08 bits per heavy atom. The van der Waals surface area contributed by atoms with Crippen molar-refractivity contribution in [3.8, 4) is 23.1 Å². The number of methoxy groups -OCH3 is 2. The molecule has 0 aliphatic heterocycles. The first-order chi connectivity index (χ1) is 12.8. The molecule has 9 heteroatoms. The van der Waals surface area contributed by atoms with Crippen molar-refractivity contribution in [3.05, 3.63) is 48.9 Å². The summed E-state index contributed by atoms with van der Waals surface area (Å²) in [5, 5.41) is 3.23. The van der Waals surface area contributed by atoms with E-state index in [1.54, 1.807) is 32.0 Å². The zero-order chi connectivity index (χ0) is 17.9. The van der Waals surface area contributed by atoms with Crippen LogP contribution < -0.4 is 14.8 Å². The molecule has 0 bridgehead atoms. The summed E-state index contributed by atoms with van der Waals surface area (Å²) in [6, 6.07) is 3.97. The van der Waals surface area contributed by atoms with Gasteiger partial charge >= 0.3 is 6.01 Å². The lowest BCUT2D eigenvalue weighted by Crippen LogP contribution is -2.03.